The molecule has 3 heteroatoms. The van der Waals surface area contributed by atoms with Gasteiger partial charge in [-0.25, -0.2) is 0 Å². The van der Waals surface area contributed by atoms with E-state index in [1.807, 2.05) is 23.7 Å². The van der Waals surface area contributed by atoms with Crippen LogP contribution in [0.2, 0.25) is 0 Å². The number of benzene rings is 1. The predicted molar refractivity (Wildman–Crippen MR) is 67.9 cm³/mol. The molecule has 86 valence electrons. The van der Waals surface area contributed by atoms with Crippen molar-refractivity contribution < 1.29 is 4.79 Å². The molecule has 0 bridgehead atoms. The van der Waals surface area contributed by atoms with Crippen LogP contribution >= 0.6 is 11.8 Å². The summed E-state index contributed by atoms with van der Waals surface area (Å²) in [6.45, 7) is 1.36. The fraction of sp³-hybridized carbons (Fsp3) is 0.462. The molecule has 16 heavy (non-hydrogen) atoms. The van der Waals surface area contributed by atoms with Crippen molar-refractivity contribution in [2.45, 2.75) is 24.3 Å². The van der Waals surface area contributed by atoms with Crippen LogP contribution in [0.4, 0.5) is 0 Å². The van der Waals surface area contributed by atoms with Gasteiger partial charge in [-0.3, -0.25) is 4.90 Å². The fourth-order valence-corrected chi connectivity index (χ4v) is 3.03. The maximum Gasteiger partial charge on any atom is 0.133 e. The van der Waals surface area contributed by atoms with Crippen molar-refractivity contribution in [3.05, 3.63) is 29.3 Å². The topological polar surface area (TPSA) is 20.3 Å². The smallest absolute Gasteiger partial charge is 0.133 e. The summed E-state index contributed by atoms with van der Waals surface area (Å²) >= 11 is 1.96. The quantitative estimate of drug-likeness (QED) is 0.747. The molecule has 1 aliphatic heterocycles. The zero-order valence-corrected chi connectivity index (χ0v) is 10.4. The highest BCUT2D eigenvalue weighted by Gasteiger charge is 2.10. The Balaban J connectivity index is 2.08. The molecular formula is C13H17NOS. The van der Waals surface area contributed by atoms with E-state index in [1.165, 1.54) is 34.6 Å². The highest BCUT2D eigenvalue weighted by atomic mass is 32.2. The van der Waals surface area contributed by atoms with Crippen molar-refractivity contribution in [3.63, 3.8) is 0 Å². The molecule has 2 rings (SSSR count). The molecule has 0 N–H and O–H groups in total. The van der Waals surface area contributed by atoms with E-state index in [2.05, 4.69) is 18.2 Å². The van der Waals surface area contributed by atoms with Crippen molar-refractivity contribution in [3.8, 4) is 0 Å². The molecule has 0 atom stereocenters. The number of hydrogen-bond donors (Lipinski definition) is 0. The van der Waals surface area contributed by atoms with Crippen LogP contribution in [0.3, 0.4) is 0 Å². The van der Waals surface area contributed by atoms with Gasteiger partial charge in [0, 0.05) is 11.4 Å². The first-order valence-electron chi connectivity index (χ1n) is 5.66. The first kappa shape index (κ1) is 11.7. The van der Waals surface area contributed by atoms with Crippen LogP contribution in [0.5, 0.6) is 0 Å². The standard InChI is InChI=1S/C13H17NOS/c1-14(6-7-15)10-11-4-5-13-12(9-11)3-2-8-16-13/h4-5,7,9H,2-3,6,8,10H2,1H3. The van der Waals surface area contributed by atoms with Gasteiger partial charge >= 0.3 is 0 Å². The lowest BCUT2D eigenvalue weighted by molar-refractivity contribution is -0.108. The molecule has 0 fully saturated rings. The highest BCUT2D eigenvalue weighted by Crippen LogP contribution is 2.30. The summed E-state index contributed by atoms with van der Waals surface area (Å²) in [4.78, 5) is 13.9. The first-order valence-corrected chi connectivity index (χ1v) is 6.65. The van der Waals surface area contributed by atoms with E-state index in [-0.39, 0.29) is 0 Å². The Labute approximate surface area is 101 Å². The summed E-state index contributed by atoms with van der Waals surface area (Å²) in [5.41, 5.74) is 2.79. The molecule has 0 saturated heterocycles. The highest BCUT2D eigenvalue weighted by molar-refractivity contribution is 7.99. The number of rotatable bonds is 4. The number of aldehydes is 1. The summed E-state index contributed by atoms with van der Waals surface area (Å²) in [7, 11) is 1.97. The minimum atomic E-state index is 0.506. The minimum Gasteiger partial charge on any atom is -0.302 e. The maximum atomic E-state index is 10.4. The van der Waals surface area contributed by atoms with Gasteiger partial charge in [-0.15, -0.1) is 11.8 Å². The fourth-order valence-electron chi connectivity index (χ4n) is 2.02. The van der Waals surface area contributed by atoms with Crippen LogP contribution < -0.4 is 0 Å². The van der Waals surface area contributed by atoms with E-state index in [0.29, 0.717) is 6.54 Å². The minimum absolute atomic E-state index is 0.506. The molecule has 0 amide bonds. The number of thioether (sulfide) groups is 1. The molecular weight excluding hydrogens is 218 g/mol. The van der Waals surface area contributed by atoms with Crippen molar-refractivity contribution >= 4 is 18.0 Å². The second-order valence-electron chi connectivity index (χ2n) is 4.26. The lowest BCUT2D eigenvalue weighted by Crippen LogP contribution is -2.20. The number of nitrogens with zero attached hydrogens (tertiary/aromatic N) is 1. The van der Waals surface area contributed by atoms with Gasteiger partial charge in [0.1, 0.15) is 6.29 Å². The van der Waals surface area contributed by atoms with Crippen LogP contribution in [-0.2, 0) is 17.8 Å². The van der Waals surface area contributed by atoms with E-state index in [9.17, 15) is 4.79 Å². The summed E-state index contributed by atoms with van der Waals surface area (Å²) in [6.07, 6.45) is 3.44. The van der Waals surface area contributed by atoms with Crippen molar-refractivity contribution in [1.82, 2.24) is 4.90 Å². The van der Waals surface area contributed by atoms with Gasteiger partial charge in [-0.1, -0.05) is 12.1 Å². The van der Waals surface area contributed by atoms with Gasteiger partial charge in [0.05, 0.1) is 6.54 Å². The van der Waals surface area contributed by atoms with Gasteiger partial charge < -0.3 is 4.79 Å². The largest absolute Gasteiger partial charge is 0.302 e. The number of carbonyl (C=O) groups is 1. The molecule has 1 aromatic carbocycles. The average Bonchev–Trinajstić information content (AvgIpc) is 2.29. The molecule has 0 aromatic heterocycles. The Morgan fingerprint density at radius 3 is 3.19 bits per heavy atom. The Hall–Kier alpha value is -0.800. The maximum absolute atomic E-state index is 10.4. The van der Waals surface area contributed by atoms with E-state index in [4.69, 9.17) is 0 Å². The molecule has 1 aliphatic rings. The summed E-state index contributed by atoms with van der Waals surface area (Å²) < 4.78 is 0. The second-order valence-corrected chi connectivity index (χ2v) is 5.39. The molecule has 2 nitrogen and oxygen atoms in total. The first-order chi connectivity index (χ1) is 7.79. The lowest BCUT2D eigenvalue weighted by Gasteiger charge is -2.18. The van der Waals surface area contributed by atoms with Crippen LogP contribution in [-0.4, -0.2) is 30.5 Å². The van der Waals surface area contributed by atoms with Crippen molar-refractivity contribution in [1.29, 1.82) is 0 Å². The third kappa shape index (κ3) is 2.86. The number of hydrogen-bond acceptors (Lipinski definition) is 3. The number of likely N-dealkylation sites (N-methyl/N-ethyl adjacent to an activating group) is 1. The molecule has 0 unspecified atom stereocenters. The third-order valence-electron chi connectivity index (χ3n) is 2.81. The summed E-state index contributed by atoms with van der Waals surface area (Å²) in [5.74, 6) is 1.25. The Morgan fingerprint density at radius 2 is 2.38 bits per heavy atom. The Morgan fingerprint density at radius 1 is 1.50 bits per heavy atom. The lowest BCUT2D eigenvalue weighted by atomic mass is 10.1. The van der Waals surface area contributed by atoms with Crippen LogP contribution in [0.25, 0.3) is 0 Å². The zero-order chi connectivity index (χ0) is 11.4. The number of carbonyl (C=O) groups excluding carboxylic acids is 1. The van der Waals surface area contributed by atoms with Gasteiger partial charge in [-0.05, 0) is 42.8 Å². The normalized spacial score (nSPS) is 14.9. The average molecular weight is 235 g/mol. The van der Waals surface area contributed by atoms with Gasteiger partial charge in [-0.2, -0.15) is 0 Å². The zero-order valence-electron chi connectivity index (χ0n) is 9.61. The van der Waals surface area contributed by atoms with Crippen molar-refractivity contribution in [2.24, 2.45) is 0 Å². The molecule has 1 heterocycles. The monoisotopic (exact) mass is 235 g/mol. The molecule has 0 radical (unpaired) electrons. The van der Waals surface area contributed by atoms with Gasteiger partial charge in [0.2, 0.25) is 0 Å². The SMILES string of the molecule is CN(CC=O)Cc1ccc2c(c1)CCCS2. The van der Waals surface area contributed by atoms with E-state index < -0.39 is 0 Å². The van der Waals surface area contributed by atoms with Crippen LogP contribution in [0.1, 0.15) is 17.5 Å². The predicted octanol–water partition coefficient (Wildman–Crippen LogP) is 2.36. The third-order valence-corrected chi connectivity index (χ3v) is 4.01. The number of aryl methyl sites for hydroxylation is 1. The van der Waals surface area contributed by atoms with Crippen molar-refractivity contribution in [2.75, 3.05) is 19.3 Å². The Kier molecular flexibility index (Phi) is 4.02. The second kappa shape index (κ2) is 5.51. The number of fused-ring (bicyclic) bond motifs is 1. The summed E-state index contributed by atoms with van der Waals surface area (Å²) in [6, 6.07) is 6.70. The molecule has 0 spiro atoms. The van der Waals surface area contributed by atoms with Gasteiger partial charge in [0.15, 0.2) is 0 Å². The Bertz CT molecular complexity index is 378. The van der Waals surface area contributed by atoms with E-state index in [1.54, 1.807) is 0 Å². The summed E-state index contributed by atoms with van der Waals surface area (Å²) in [5, 5.41) is 0. The van der Waals surface area contributed by atoms with Gasteiger partial charge in [0.25, 0.3) is 0 Å². The molecule has 1 aromatic rings. The van der Waals surface area contributed by atoms with E-state index in [0.717, 1.165) is 12.8 Å². The van der Waals surface area contributed by atoms with E-state index >= 15 is 0 Å². The molecule has 0 aliphatic carbocycles. The molecule has 0 saturated carbocycles. The van der Waals surface area contributed by atoms with Crippen LogP contribution in [0, 0.1) is 0 Å². The van der Waals surface area contributed by atoms with Crippen LogP contribution in [0.15, 0.2) is 23.1 Å².